The zero-order valence-corrected chi connectivity index (χ0v) is 14.8. The fourth-order valence-electron chi connectivity index (χ4n) is 2.54. The molecular formula is C17H14FN5O5. The van der Waals surface area contributed by atoms with Crippen LogP contribution in [0.25, 0.3) is 5.65 Å². The van der Waals surface area contributed by atoms with E-state index in [9.17, 15) is 24.1 Å². The van der Waals surface area contributed by atoms with Crippen LogP contribution in [-0.2, 0) is 11.3 Å². The zero-order chi connectivity index (χ0) is 20.4. The predicted octanol–water partition coefficient (Wildman–Crippen LogP) is 1.80. The monoisotopic (exact) mass is 387 g/mol. The van der Waals surface area contributed by atoms with Crippen molar-refractivity contribution in [3.63, 3.8) is 0 Å². The van der Waals surface area contributed by atoms with E-state index >= 15 is 0 Å². The molecular weight excluding hydrogens is 373 g/mol. The molecule has 3 aromatic rings. The molecule has 2 heterocycles. The van der Waals surface area contributed by atoms with Crippen LogP contribution in [0.5, 0.6) is 0 Å². The molecule has 1 N–H and O–H groups in total. The van der Waals surface area contributed by atoms with E-state index in [1.165, 1.54) is 12.1 Å². The van der Waals surface area contributed by atoms with Crippen molar-refractivity contribution in [2.75, 3.05) is 7.11 Å². The maximum atomic E-state index is 13.4. The van der Waals surface area contributed by atoms with Crippen molar-refractivity contribution in [1.82, 2.24) is 19.9 Å². The molecule has 0 aliphatic heterocycles. The van der Waals surface area contributed by atoms with Gasteiger partial charge in [0.25, 0.3) is 5.91 Å². The van der Waals surface area contributed by atoms with Crippen molar-refractivity contribution in [3.05, 3.63) is 68.9 Å². The number of aryl methyl sites for hydroxylation is 1. The molecule has 0 atom stereocenters. The van der Waals surface area contributed by atoms with Gasteiger partial charge in [0.2, 0.25) is 5.65 Å². The average Bonchev–Trinajstić information content (AvgIpc) is 3.11. The molecule has 1 aromatic carbocycles. The summed E-state index contributed by atoms with van der Waals surface area (Å²) in [5.74, 6) is -1.88. The Kier molecular flexibility index (Phi) is 4.98. The Bertz CT molecular complexity index is 1110. The fourth-order valence-corrected chi connectivity index (χ4v) is 2.54. The number of halogens is 1. The van der Waals surface area contributed by atoms with Gasteiger partial charge in [-0.3, -0.25) is 14.9 Å². The van der Waals surface area contributed by atoms with Crippen LogP contribution < -0.4 is 5.32 Å². The molecule has 0 spiro atoms. The Morgan fingerprint density at radius 1 is 1.36 bits per heavy atom. The second kappa shape index (κ2) is 7.39. The number of carbonyl (C=O) groups excluding carboxylic acids is 2. The van der Waals surface area contributed by atoms with Gasteiger partial charge >= 0.3 is 11.7 Å². The lowest BCUT2D eigenvalue weighted by Crippen LogP contribution is -2.26. The highest BCUT2D eigenvalue weighted by atomic mass is 19.1. The molecule has 0 saturated heterocycles. The summed E-state index contributed by atoms with van der Waals surface area (Å²) in [5.41, 5.74) is -0.0748. The number of carbonyl (C=O) groups is 2. The van der Waals surface area contributed by atoms with Crippen LogP contribution in [-0.4, -0.2) is 38.5 Å². The number of nitrogens with one attached hydrogen (secondary N) is 1. The summed E-state index contributed by atoms with van der Waals surface area (Å²) in [6, 6.07) is 5.51. The zero-order valence-electron chi connectivity index (χ0n) is 14.8. The van der Waals surface area contributed by atoms with E-state index in [1.807, 2.05) is 0 Å². The molecule has 0 unspecified atom stereocenters. The van der Waals surface area contributed by atoms with Gasteiger partial charge in [0, 0.05) is 12.6 Å². The van der Waals surface area contributed by atoms with Gasteiger partial charge in [0.05, 0.1) is 12.0 Å². The van der Waals surface area contributed by atoms with E-state index in [1.54, 1.807) is 13.0 Å². The summed E-state index contributed by atoms with van der Waals surface area (Å²) in [7, 11) is 1.12. The second-order valence-electron chi connectivity index (χ2n) is 5.81. The molecule has 0 fully saturated rings. The lowest BCUT2D eigenvalue weighted by molar-refractivity contribution is -0.383. The summed E-state index contributed by atoms with van der Waals surface area (Å²) in [6.07, 6.45) is 0.934. The van der Waals surface area contributed by atoms with E-state index in [0.29, 0.717) is 11.1 Å². The summed E-state index contributed by atoms with van der Waals surface area (Å²) < 4.78 is 18.9. The topological polar surface area (TPSA) is 129 Å². The number of aromatic nitrogens is 3. The minimum Gasteiger partial charge on any atom is -0.464 e. The number of rotatable bonds is 5. The van der Waals surface area contributed by atoms with Gasteiger partial charge in [-0.25, -0.2) is 18.7 Å². The van der Waals surface area contributed by atoms with Crippen molar-refractivity contribution in [1.29, 1.82) is 0 Å². The second-order valence-corrected chi connectivity index (χ2v) is 5.81. The summed E-state index contributed by atoms with van der Waals surface area (Å²) in [5, 5.41) is 17.6. The number of benzene rings is 1. The van der Waals surface area contributed by atoms with Crippen LogP contribution in [0.15, 0.2) is 30.5 Å². The smallest absolute Gasteiger partial charge is 0.356 e. The molecule has 28 heavy (non-hydrogen) atoms. The molecule has 144 valence electrons. The van der Waals surface area contributed by atoms with Crippen molar-refractivity contribution in [2.24, 2.45) is 0 Å². The van der Waals surface area contributed by atoms with Gasteiger partial charge in [0.1, 0.15) is 17.7 Å². The lowest BCUT2D eigenvalue weighted by atomic mass is 10.1. The molecule has 0 bridgehead atoms. The van der Waals surface area contributed by atoms with Gasteiger partial charge in [-0.05, 0) is 24.1 Å². The molecule has 11 heteroatoms. The number of nitrogens with zero attached hydrogens (tertiary/aromatic N) is 4. The lowest BCUT2D eigenvalue weighted by Gasteiger charge is -2.09. The Balaban J connectivity index is 1.97. The first-order valence-electron chi connectivity index (χ1n) is 7.96. The van der Waals surface area contributed by atoms with E-state index in [0.717, 1.165) is 23.9 Å². The third kappa shape index (κ3) is 3.49. The normalized spacial score (nSPS) is 10.7. The van der Waals surface area contributed by atoms with E-state index < -0.39 is 22.5 Å². The van der Waals surface area contributed by atoms with Crippen LogP contribution in [0.1, 0.15) is 32.1 Å². The molecule has 10 nitrogen and oxygen atoms in total. The Labute approximate surface area is 157 Å². The minimum absolute atomic E-state index is 0.0701. The molecule has 0 aliphatic rings. The predicted molar refractivity (Wildman–Crippen MR) is 93.3 cm³/mol. The Morgan fingerprint density at radius 3 is 2.75 bits per heavy atom. The number of amides is 1. The number of hydrogen-bond donors (Lipinski definition) is 1. The molecule has 0 radical (unpaired) electrons. The van der Waals surface area contributed by atoms with Crippen molar-refractivity contribution in [3.8, 4) is 0 Å². The van der Waals surface area contributed by atoms with Gasteiger partial charge in [-0.2, -0.15) is 5.10 Å². The van der Waals surface area contributed by atoms with E-state index in [-0.39, 0.29) is 29.4 Å². The molecule has 3 rings (SSSR count). The highest BCUT2D eigenvalue weighted by Crippen LogP contribution is 2.20. The average molecular weight is 387 g/mol. The van der Waals surface area contributed by atoms with Crippen molar-refractivity contribution in [2.45, 2.75) is 13.5 Å². The maximum absolute atomic E-state index is 13.4. The van der Waals surface area contributed by atoms with Crippen LogP contribution in [0, 0.1) is 22.9 Å². The van der Waals surface area contributed by atoms with Gasteiger partial charge in [0.15, 0.2) is 5.69 Å². The third-order valence-corrected chi connectivity index (χ3v) is 3.95. The van der Waals surface area contributed by atoms with E-state index in [2.05, 4.69) is 20.1 Å². The first-order valence-corrected chi connectivity index (χ1v) is 7.96. The Morgan fingerprint density at radius 2 is 2.11 bits per heavy atom. The van der Waals surface area contributed by atoms with Gasteiger partial charge < -0.3 is 10.1 Å². The van der Waals surface area contributed by atoms with Gasteiger partial charge in [-0.1, -0.05) is 12.1 Å². The number of methoxy groups -OCH3 is 1. The molecule has 0 aliphatic carbocycles. The standard InChI is InChI=1S/C17H14FN5O5/c1-9-5-10(3-4-11(9)18)7-19-16(24)13-6-12(17(25)28-2)21-15-14(23(26)27)8-20-22(13)15/h3-6,8H,7H2,1-2H3,(H,19,24). The molecule has 0 saturated carbocycles. The largest absolute Gasteiger partial charge is 0.464 e. The minimum atomic E-state index is -0.860. The van der Waals surface area contributed by atoms with Crippen LogP contribution in [0.2, 0.25) is 0 Å². The number of ether oxygens (including phenoxy) is 1. The quantitative estimate of drug-likeness (QED) is 0.401. The highest BCUT2D eigenvalue weighted by molar-refractivity contribution is 5.97. The fraction of sp³-hybridized carbons (Fsp3) is 0.176. The maximum Gasteiger partial charge on any atom is 0.356 e. The summed E-state index contributed by atoms with van der Waals surface area (Å²) in [6.45, 7) is 1.67. The van der Waals surface area contributed by atoms with Crippen molar-refractivity contribution >= 4 is 23.2 Å². The van der Waals surface area contributed by atoms with Crippen LogP contribution in [0.4, 0.5) is 10.1 Å². The SMILES string of the molecule is COC(=O)c1cc(C(=O)NCc2ccc(F)c(C)c2)n2ncc([N+](=O)[O-])c2n1. The highest BCUT2D eigenvalue weighted by Gasteiger charge is 2.24. The molecule has 1 amide bonds. The van der Waals surface area contributed by atoms with Gasteiger partial charge in [-0.15, -0.1) is 0 Å². The molecule has 2 aromatic heterocycles. The number of fused-ring (bicyclic) bond motifs is 1. The number of hydrogen-bond acceptors (Lipinski definition) is 7. The first kappa shape index (κ1) is 18.9. The summed E-state index contributed by atoms with van der Waals surface area (Å²) >= 11 is 0. The third-order valence-electron chi connectivity index (χ3n) is 3.95. The first-order chi connectivity index (χ1) is 13.3. The Hall–Kier alpha value is -3.89. The van der Waals surface area contributed by atoms with Crippen LogP contribution in [0.3, 0.4) is 0 Å². The van der Waals surface area contributed by atoms with E-state index in [4.69, 9.17) is 0 Å². The number of nitro groups is 1. The van der Waals surface area contributed by atoms with Crippen molar-refractivity contribution < 1.29 is 23.6 Å². The summed E-state index contributed by atoms with van der Waals surface area (Å²) in [4.78, 5) is 38.8. The van der Waals surface area contributed by atoms with Crippen LogP contribution >= 0.6 is 0 Å². The number of esters is 1.